The molecule has 8 heteroatoms. The third-order valence-corrected chi connectivity index (χ3v) is 3.75. The van der Waals surface area contributed by atoms with Crippen LogP contribution in [0, 0.1) is 5.92 Å². The second-order valence-corrected chi connectivity index (χ2v) is 5.85. The molecule has 1 aliphatic rings. The van der Waals surface area contributed by atoms with Gasteiger partial charge >= 0.3 is 18.0 Å². The molecule has 5 N–H and O–H groups in total. The number of nitrogens with two attached hydrogens (primary N) is 1. The number of hydrogen-bond acceptors (Lipinski definition) is 5. The summed E-state index contributed by atoms with van der Waals surface area (Å²) in [5, 5.41) is 17.6. The van der Waals surface area contributed by atoms with Crippen LogP contribution in [0.15, 0.2) is 30.3 Å². The summed E-state index contributed by atoms with van der Waals surface area (Å²) in [6.45, 7) is 0.984. The van der Waals surface area contributed by atoms with Crippen molar-refractivity contribution >= 4 is 18.0 Å². The molecule has 0 saturated heterocycles. The Bertz CT molecular complexity index is 552. The van der Waals surface area contributed by atoms with Crippen molar-refractivity contribution in [2.75, 3.05) is 6.54 Å². The van der Waals surface area contributed by atoms with Gasteiger partial charge in [0.05, 0.1) is 0 Å². The van der Waals surface area contributed by atoms with Gasteiger partial charge in [-0.05, 0) is 30.7 Å². The first-order valence-electron chi connectivity index (χ1n) is 8.04. The number of carbonyl (C=O) groups excluding carboxylic acids is 1. The molecule has 8 nitrogen and oxygen atoms in total. The van der Waals surface area contributed by atoms with E-state index < -0.39 is 11.9 Å². The van der Waals surface area contributed by atoms with E-state index in [0.29, 0.717) is 25.1 Å². The first-order chi connectivity index (χ1) is 11.9. The quantitative estimate of drug-likeness (QED) is 0.603. The second kappa shape index (κ2) is 11.0. The zero-order valence-electron chi connectivity index (χ0n) is 13.9. The fourth-order valence-electron chi connectivity index (χ4n) is 2.52. The van der Waals surface area contributed by atoms with Gasteiger partial charge in [0.1, 0.15) is 6.61 Å². The van der Waals surface area contributed by atoms with Crippen LogP contribution in [-0.4, -0.2) is 40.8 Å². The zero-order chi connectivity index (χ0) is 18.7. The molecule has 1 saturated carbocycles. The fraction of sp³-hybridized carbons (Fsp3) is 0.471. The van der Waals surface area contributed by atoms with Crippen LogP contribution in [0.3, 0.4) is 0 Å². The Morgan fingerprint density at radius 1 is 1.12 bits per heavy atom. The van der Waals surface area contributed by atoms with Gasteiger partial charge in [0.15, 0.2) is 0 Å². The summed E-state index contributed by atoms with van der Waals surface area (Å²) in [6.07, 6.45) is 4.07. The zero-order valence-corrected chi connectivity index (χ0v) is 13.9. The second-order valence-electron chi connectivity index (χ2n) is 5.85. The van der Waals surface area contributed by atoms with Crippen LogP contribution in [-0.2, 0) is 20.9 Å². The molecular formula is C17H24N2O6. The first-order valence-corrected chi connectivity index (χ1v) is 8.04. The van der Waals surface area contributed by atoms with E-state index in [4.69, 9.17) is 30.3 Å². The van der Waals surface area contributed by atoms with Crippen LogP contribution >= 0.6 is 0 Å². The molecule has 1 amide bonds. The molecular weight excluding hydrogens is 328 g/mol. The number of alkyl carbamates (subject to hydrolysis) is 1. The predicted octanol–water partition coefficient (Wildman–Crippen LogP) is 1.59. The molecule has 138 valence electrons. The van der Waals surface area contributed by atoms with E-state index in [2.05, 4.69) is 5.32 Å². The Morgan fingerprint density at radius 2 is 1.76 bits per heavy atom. The number of aliphatic carboxylic acids is 2. The smallest absolute Gasteiger partial charge is 0.414 e. The highest BCUT2D eigenvalue weighted by Gasteiger charge is 2.19. The number of carboxylic acids is 2. The van der Waals surface area contributed by atoms with Gasteiger partial charge in [0, 0.05) is 12.6 Å². The van der Waals surface area contributed by atoms with Crippen molar-refractivity contribution in [1.29, 1.82) is 0 Å². The van der Waals surface area contributed by atoms with Gasteiger partial charge < -0.3 is 26.0 Å². The SMILES string of the molecule is N[C@H]1CCC[C@@H](CNC(=O)OCc2ccccc2)C1.O=C(O)C(=O)O. The van der Waals surface area contributed by atoms with E-state index in [1.54, 1.807) is 0 Å². The van der Waals surface area contributed by atoms with Crippen LogP contribution in [0.25, 0.3) is 0 Å². The molecule has 2 rings (SSSR count). The van der Waals surface area contributed by atoms with E-state index in [9.17, 15) is 4.79 Å². The van der Waals surface area contributed by atoms with Crippen molar-refractivity contribution in [2.24, 2.45) is 11.7 Å². The predicted molar refractivity (Wildman–Crippen MR) is 89.8 cm³/mol. The van der Waals surface area contributed by atoms with Crippen LogP contribution in [0.1, 0.15) is 31.2 Å². The highest BCUT2D eigenvalue weighted by Crippen LogP contribution is 2.22. The summed E-state index contributed by atoms with van der Waals surface area (Å²) < 4.78 is 5.16. The average Bonchev–Trinajstić information content (AvgIpc) is 2.59. The molecule has 2 atom stereocenters. The number of ether oxygens (including phenoxy) is 1. The Morgan fingerprint density at radius 3 is 2.32 bits per heavy atom. The molecule has 0 heterocycles. The molecule has 1 aromatic carbocycles. The Balaban J connectivity index is 0.000000450. The lowest BCUT2D eigenvalue weighted by Gasteiger charge is -2.26. The van der Waals surface area contributed by atoms with E-state index in [-0.39, 0.29) is 6.09 Å². The maximum atomic E-state index is 11.6. The topological polar surface area (TPSA) is 139 Å². The average molecular weight is 352 g/mol. The molecule has 0 bridgehead atoms. The number of carboxylic acid groups (broad SMARTS) is 2. The highest BCUT2D eigenvalue weighted by molar-refractivity contribution is 6.27. The summed E-state index contributed by atoms with van der Waals surface area (Å²) in [7, 11) is 0. The largest absolute Gasteiger partial charge is 0.473 e. The highest BCUT2D eigenvalue weighted by atomic mass is 16.5. The molecule has 0 unspecified atom stereocenters. The first kappa shape index (κ1) is 20.4. The lowest BCUT2D eigenvalue weighted by atomic mass is 9.86. The third-order valence-electron chi connectivity index (χ3n) is 3.75. The Labute approximate surface area is 146 Å². The van der Waals surface area contributed by atoms with Crippen molar-refractivity contribution in [2.45, 2.75) is 38.3 Å². The van der Waals surface area contributed by atoms with Gasteiger partial charge in [-0.25, -0.2) is 14.4 Å². The lowest BCUT2D eigenvalue weighted by molar-refractivity contribution is -0.159. The summed E-state index contributed by atoms with van der Waals surface area (Å²) in [6, 6.07) is 9.97. The minimum Gasteiger partial charge on any atom is -0.473 e. The number of benzene rings is 1. The maximum Gasteiger partial charge on any atom is 0.414 e. The fourth-order valence-corrected chi connectivity index (χ4v) is 2.52. The molecule has 1 aromatic rings. The molecule has 1 fully saturated rings. The summed E-state index contributed by atoms with van der Waals surface area (Å²) in [5.41, 5.74) is 6.92. The van der Waals surface area contributed by atoms with Crippen LogP contribution in [0.2, 0.25) is 0 Å². The van der Waals surface area contributed by atoms with Crippen LogP contribution < -0.4 is 11.1 Å². The molecule has 25 heavy (non-hydrogen) atoms. The molecule has 1 aliphatic carbocycles. The van der Waals surface area contributed by atoms with Crippen molar-refractivity contribution in [3.05, 3.63) is 35.9 Å². The summed E-state index contributed by atoms with van der Waals surface area (Å²) >= 11 is 0. The van der Waals surface area contributed by atoms with Gasteiger partial charge in [-0.2, -0.15) is 0 Å². The number of amides is 1. The van der Waals surface area contributed by atoms with Gasteiger partial charge in [-0.1, -0.05) is 36.8 Å². The van der Waals surface area contributed by atoms with Crippen molar-refractivity contribution in [1.82, 2.24) is 5.32 Å². The van der Waals surface area contributed by atoms with E-state index >= 15 is 0 Å². The van der Waals surface area contributed by atoms with Gasteiger partial charge in [0.25, 0.3) is 0 Å². The number of nitrogens with one attached hydrogen (secondary N) is 1. The normalized spacial score (nSPS) is 19.1. The monoisotopic (exact) mass is 352 g/mol. The van der Waals surface area contributed by atoms with Crippen LogP contribution in [0.5, 0.6) is 0 Å². The van der Waals surface area contributed by atoms with Crippen molar-refractivity contribution in [3.8, 4) is 0 Å². The van der Waals surface area contributed by atoms with Gasteiger partial charge in [0.2, 0.25) is 0 Å². The Hall–Kier alpha value is -2.61. The molecule has 0 aromatic heterocycles. The lowest BCUT2D eigenvalue weighted by Crippen LogP contribution is -2.35. The van der Waals surface area contributed by atoms with E-state index in [1.807, 2.05) is 30.3 Å². The minimum atomic E-state index is -1.82. The Kier molecular flexibility index (Phi) is 9.02. The molecule has 0 aliphatic heterocycles. The minimum absolute atomic E-state index is 0.292. The molecule has 0 radical (unpaired) electrons. The summed E-state index contributed by atoms with van der Waals surface area (Å²) in [5.74, 6) is -3.15. The van der Waals surface area contributed by atoms with Crippen LogP contribution in [0.4, 0.5) is 4.79 Å². The van der Waals surface area contributed by atoms with E-state index in [0.717, 1.165) is 31.2 Å². The third kappa shape index (κ3) is 9.31. The standard InChI is InChI=1S/C15H22N2O2.C2H2O4/c16-14-8-4-7-13(9-14)10-17-15(18)19-11-12-5-2-1-3-6-12;3-1(4)2(5)6/h1-3,5-6,13-14H,4,7-11,16H2,(H,17,18);(H,3,4)(H,5,6)/t13-,14+;/m1./s1. The number of carbonyl (C=O) groups is 3. The molecule has 0 spiro atoms. The van der Waals surface area contributed by atoms with Gasteiger partial charge in [-0.3, -0.25) is 0 Å². The maximum absolute atomic E-state index is 11.6. The summed E-state index contributed by atoms with van der Waals surface area (Å²) in [4.78, 5) is 29.8. The van der Waals surface area contributed by atoms with Crippen molar-refractivity contribution < 1.29 is 29.3 Å². The van der Waals surface area contributed by atoms with Crippen molar-refractivity contribution in [3.63, 3.8) is 0 Å². The van der Waals surface area contributed by atoms with Gasteiger partial charge in [-0.15, -0.1) is 0 Å². The number of hydrogen-bond donors (Lipinski definition) is 4. The van der Waals surface area contributed by atoms with E-state index in [1.165, 1.54) is 0 Å². The number of rotatable bonds is 4.